The molecule has 0 amide bonds. The van der Waals surface area contributed by atoms with Gasteiger partial charge in [0.15, 0.2) is 11.5 Å². The highest BCUT2D eigenvalue weighted by Gasteiger charge is 2.32. The molecule has 4 nitrogen and oxygen atoms in total. The Kier molecular flexibility index (Phi) is 3.73. The van der Waals surface area contributed by atoms with E-state index in [9.17, 15) is 0 Å². The van der Waals surface area contributed by atoms with Crippen LogP contribution in [0.5, 0.6) is 11.5 Å². The summed E-state index contributed by atoms with van der Waals surface area (Å²) >= 11 is 0. The third kappa shape index (κ3) is 2.26. The van der Waals surface area contributed by atoms with Gasteiger partial charge in [0.25, 0.3) is 0 Å². The third-order valence-corrected chi connectivity index (χ3v) is 4.25. The van der Waals surface area contributed by atoms with Crippen LogP contribution in [0.15, 0.2) is 66.7 Å². The first-order valence-corrected chi connectivity index (χ1v) is 7.82. The van der Waals surface area contributed by atoms with Crippen LogP contribution in [0.25, 0.3) is 0 Å². The highest BCUT2D eigenvalue weighted by molar-refractivity contribution is 6.13. The van der Waals surface area contributed by atoms with Gasteiger partial charge in [-0.3, -0.25) is 0 Å². The van der Waals surface area contributed by atoms with Crippen molar-refractivity contribution < 1.29 is 14.8 Å². The molecule has 2 heterocycles. The van der Waals surface area contributed by atoms with Gasteiger partial charge < -0.3 is 19.7 Å². The molecule has 3 aromatic rings. The molecule has 0 unspecified atom stereocenters. The molecule has 0 radical (unpaired) electrons. The summed E-state index contributed by atoms with van der Waals surface area (Å²) in [5.41, 5.74) is 6.24. The van der Waals surface area contributed by atoms with E-state index < -0.39 is 7.69 Å². The normalized spacial score (nSPS) is 12.7. The van der Waals surface area contributed by atoms with Gasteiger partial charge in [0.1, 0.15) is 0 Å². The number of fused-ring (bicyclic) bond motifs is 4. The van der Waals surface area contributed by atoms with E-state index in [0.29, 0.717) is 0 Å². The lowest BCUT2D eigenvalue weighted by molar-refractivity contribution is 0.448. The largest absolute Gasteiger partial charge is 0.453 e. The topological polar surface area (TPSA) is 52.9 Å². The van der Waals surface area contributed by atoms with Crippen molar-refractivity contribution in [1.82, 2.24) is 0 Å². The van der Waals surface area contributed by atoms with E-state index >= 15 is 0 Å². The van der Waals surface area contributed by atoms with Gasteiger partial charge in [-0.05, 0) is 35.4 Å². The number of ether oxygens (including phenoxy) is 1. The van der Waals surface area contributed by atoms with Crippen LogP contribution < -0.4 is 9.64 Å². The molecule has 2 aliphatic rings. The first kappa shape index (κ1) is 14.8. The lowest BCUT2D eigenvalue weighted by Gasteiger charge is -2.38. The van der Waals surface area contributed by atoms with Crippen molar-refractivity contribution in [2.24, 2.45) is 0 Å². The number of para-hydroxylation sites is 4. The minimum absolute atomic E-state index is 0.750. The predicted octanol–water partition coefficient (Wildman–Crippen LogP) is 3.40. The molecule has 5 rings (SSSR count). The van der Waals surface area contributed by atoms with Gasteiger partial charge in [0.2, 0.25) is 0 Å². The molecule has 0 atom stereocenters. The first-order chi connectivity index (χ1) is 11.8. The Morgan fingerprint density at radius 2 is 1.38 bits per heavy atom. The number of rotatable bonds is 0. The standard InChI is InChI=1S/C19H13NO.BH3O2/c1-2-8-15-13(6-1)12-14-7-5-11-18-19(14)20(15)16-9-3-4-10-17(16)21-18;2-1-3/h1-11H,12H2;1-3H. The lowest BCUT2D eigenvalue weighted by Crippen LogP contribution is -2.22. The Morgan fingerprint density at radius 3 is 2.21 bits per heavy atom. The van der Waals surface area contributed by atoms with Gasteiger partial charge in [-0.15, -0.1) is 0 Å². The lowest BCUT2D eigenvalue weighted by atomic mass is 9.93. The fourth-order valence-corrected chi connectivity index (χ4v) is 3.35. The van der Waals surface area contributed by atoms with E-state index in [1.807, 2.05) is 12.1 Å². The van der Waals surface area contributed by atoms with Crippen LogP contribution in [0.2, 0.25) is 0 Å². The van der Waals surface area contributed by atoms with Crippen molar-refractivity contribution >= 4 is 24.7 Å². The van der Waals surface area contributed by atoms with Crippen LogP contribution in [0.4, 0.5) is 17.1 Å². The quantitative estimate of drug-likeness (QED) is 0.430. The summed E-state index contributed by atoms with van der Waals surface area (Å²) in [6.07, 6.45) is 0.960. The summed E-state index contributed by atoms with van der Waals surface area (Å²) in [6.45, 7) is 0. The zero-order valence-electron chi connectivity index (χ0n) is 13.0. The number of hydrogen-bond donors (Lipinski definition) is 2. The maximum Gasteiger partial charge on any atom is 0.432 e. The average Bonchev–Trinajstić information content (AvgIpc) is 2.62. The van der Waals surface area contributed by atoms with Crippen molar-refractivity contribution in [3.8, 4) is 11.5 Å². The van der Waals surface area contributed by atoms with E-state index in [4.69, 9.17) is 14.8 Å². The monoisotopic (exact) mass is 317 g/mol. The van der Waals surface area contributed by atoms with Crippen LogP contribution in [0, 0.1) is 0 Å². The van der Waals surface area contributed by atoms with Gasteiger partial charge in [0.05, 0.1) is 11.4 Å². The molecule has 24 heavy (non-hydrogen) atoms. The van der Waals surface area contributed by atoms with Crippen molar-refractivity contribution in [2.75, 3.05) is 4.90 Å². The molecule has 2 N–H and O–H groups in total. The molecule has 0 saturated heterocycles. The summed E-state index contributed by atoms with van der Waals surface area (Å²) in [5.74, 6) is 1.86. The van der Waals surface area contributed by atoms with Gasteiger partial charge in [-0.25, -0.2) is 0 Å². The van der Waals surface area contributed by atoms with Gasteiger partial charge >= 0.3 is 7.69 Å². The van der Waals surface area contributed by atoms with Gasteiger partial charge in [-0.2, -0.15) is 0 Å². The maximum atomic E-state index is 7.12. The highest BCUT2D eigenvalue weighted by atomic mass is 16.5. The Labute approximate surface area is 140 Å². The average molecular weight is 317 g/mol. The van der Waals surface area contributed by atoms with Crippen molar-refractivity contribution in [3.63, 3.8) is 0 Å². The van der Waals surface area contributed by atoms with Crippen LogP contribution >= 0.6 is 0 Å². The fourth-order valence-electron chi connectivity index (χ4n) is 3.35. The molecule has 0 aromatic heterocycles. The number of anilines is 3. The van der Waals surface area contributed by atoms with Crippen molar-refractivity contribution in [2.45, 2.75) is 6.42 Å². The van der Waals surface area contributed by atoms with Crippen LogP contribution in [0.3, 0.4) is 0 Å². The maximum absolute atomic E-state index is 7.12. The van der Waals surface area contributed by atoms with E-state index in [1.54, 1.807) is 0 Å². The van der Waals surface area contributed by atoms with E-state index in [0.717, 1.165) is 23.6 Å². The third-order valence-electron chi connectivity index (χ3n) is 4.25. The summed E-state index contributed by atoms with van der Waals surface area (Å²) in [6, 6.07) is 23.2. The second-order valence-electron chi connectivity index (χ2n) is 5.62. The molecule has 2 aliphatic heterocycles. The van der Waals surface area contributed by atoms with Crippen molar-refractivity contribution in [3.05, 3.63) is 77.9 Å². The van der Waals surface area contributed by atoms with Crippen LogP contribution in [-0.4, -0.2) is 17.7 Å². The Bertz CT molecular complexity index is 830. The molecule has 0 fully saturated rings. The summed E-state index contributed by atoms with van der Waals surface area (Å²) < 4.78 is 6.10. The molecule has 3 aromatic carbocycles. The molecule has 0 spiro atoms. The first-order valence-electron chi connectivity index (χ1n) is 7.82. The van der Waals surface area contributed by atoms with E-state index in [2.05, 4.69) is 59.5 Å². The Morgan fingerprint density at radius 1 is 0.750 bits per heavy atom. The molecule has 118 valence electrons. The smallest absolute Gasteiger partial charge is 0.432 e. The second-order valence-corrected chi connectivity index (χ2v) is 5.62. The molecule has 0 bridgehead atoms. The highest BCUT2D eigenvalue weighted by Crippen LogP contribution is 2.54. The Balaban J connectivity index is 0.000000455. The summed E-state index contributed by atoms with van der Waals surface area (Å²) in [5, 5.41) is 14.2. The SMILES string of the molecule is OBO.c1ccc2c(c1)Cc1cccc3c1N2c1ccccc1O3. The predicted molar refractivity (Wildman–Crippen MR) is 95.6 cm³/mol. The summed E-state index contributed by atoms with van der Waals surface area (Å²) in [4.78, 5) is 2.34. The van der Waals surface area contributed by atoms with Crippen molar-refractivity contribution in [1.29, 1.82) is 0 Å². The molecule has 5 heteroatoms. The number of hydrogen-bond acceptors (Lipinski definition) is 4. The molecular formula is C19H16BNO3. The number of benzene rings is 3. The molecular weight excluding hydrogens is 301 g/mol. The van der Waals surface area contributed by atoms with Crippen LogP contribution in [0.1, 0.15) is 11.1 Å². The zero-order chi connectivity index (χ0) is 16.5. The number of nitrogens with zero attached hydrogens (tertiary/aromatic N) is 1. The van der Waals surface area contributed by atoms with Gasteiger partial charge in [0, 0.05) is 12.1 Å². The fraction of sp³-hybridized carbons (Fsp3) is 0.0526. The minimum atomic E-state index is -0.750. The Hall–Kier alpha value is -2.76. The second kappa shape index (κ2) is 6.04. The molecule has 0 saturated carbocycles. The summed E-state index contributed by atoms with van der Waals surface area (Å²) in [7, 11) is -0.750. The minimum Gasteiger partial charge on any atom is -0.453 e. The molecule has 0 aliphatic carbocycles. The zero-order valence-corrected chi connectivity index (χ0v) is 13.0. The van der Waals surface area contributed by atoms with E-state index in [1.165, 1.54) is 22.5 Å². The van der Waals surface area contributed by atoms with Gasteiger partial charge in [-0.1, -0.05) is 42.5 Å². The van der Waals surface area contributed by atoms with E-state index in [-0.39, 0.29) is 0 Å². The van der Waals surface area contributed by atoms with Crippen LogP contribution in [-0.2, 0) is 6.42 Å².